The van der Waals surface area contributed by atoms with E-state index in [1.165, 1.54) is 31.2 Å². The van der Waals surface area contributed by atoms with Crippen LogP contribution < -0.4 is 0 Å². The smallest absolute Gasteiger partial charge is 0.0270 e. The first-order valence-corrected chi connectivity index (χ1v) is 6.27. The standard InChI is InChI=1S/C12H18BrN/c1-2-3-4-5-12(13)10-11-6-8-14-9-7-11/h6-9,12H,2-5,10H2,1H3. The van der Waals surface area contributed by atoms with Crippen LogP contribution in [0.2, 0.25) is 0 Å². The highest BCUT2D eigenvalue weighted by molar-refractivity contribution is 9.09. The zero-order chi connectivity index (χ0) is 10.2. The Hall–Kier alpha value is -0.370. The number of halogens is 1. The van der Waals surface area contributed by atoms with Crippen LogP contribution in [0, 0.1) is 0 Å². The lowest BCUT2D eigenvalue weighted by Crippen LogP contribution is -2.02. The second kappa shape index (κ2) is 6.99. The van der Waals surface area contributed by atoms with E-state index in [4.69, 9.17) is 0 Å². The third-order valence-corrected chi connectivity index (χ3v) is 3.11. The topological polar surface area (TPSA) is 12.9 Å². The van der Waals surface area contributed by atoms with Gasteiger partial charge in [0.2, 0.25) is 0 Å². The number of aromatic nitrogens is 1. The number of rotatable bonds is 6. The highest BCUT2D eigenvalue weighted by Crippen LogP contribution is 2.16. The van der Waals surface area contributed by atoms with Crippen molar-refractivity contribution in [3.63, 3.8) is 0 Å². The van der Waals surface area contributed by atoms with Gasteiger partial charge >= 0.3 is 0 Å². The fourth-order valence-electron chi connectivity index (χ4n) is 1.49. The Morgan fingerprint density at radius 2 is 2.00 bits per heavy atom. The molecule has 78 valence electrons. The molecule has 0 aliphatic heterocycles. The lowest BCUT2D eigenvalue weighted by atomic mass is 10.1. The van der Waals surface area contributed by atoms with Gasteiger partial charge in [-0.25, -0.2) is 0 Å². The molecule has 0 fully saturated rings. The van der Waals surface area contributed by atoms with E-state index in [0.717, 1.165) is 6.42 Å². The number of alkyl halides is 1. The molecule has 1 rings (SSSR count). The van der Waals surface area contributed by atoms with Crippen LogP contribution in [0.4, 0.5) is 0 Å². The molecule has 1 aromatic heterocycles. The predicted molar refractivity (Wildman–Crippen MR) is 64.8 cm³/mol. The van der Waals surface area contributed by atoms with E-state index in [-0.39, 0.29) is 0 Å². The molecule has 1 unspecified atom stereocenters. The summed E-state index contributed by atoms with van der Waals surface area (Å²) in [6.45, 7) is 2.24. The molecule has 1 nitrogen and oxygen atoms in total. The molecule has 1 heterocycles. The number of nitrogens with zero attached hydrogens (tertiary/aromatic N) is 1. The summed E-state index contributed by atoms with van der Waals surface area (Å²) in [5.41, 5.74) is 1.37. The normalized spacial score (nSPS) is 12.7. The van der Waals surface area contributed by atoms with Gasteiger partial charge in [-0.15, -0.1) is 0 Å². The summed E-state index contributed by atoms with van der Waals surface area (Å²) in [5.74, 6) is 0. The van der Waals surface area contributed by atoms with Gasteiger partial charge < -0.3 is 0 Å². The minimum Gasteiger partial charge on any atom is -0.265 e. The van der Waals surface area contributed by atoms with Crippen molar-refractivity contribution in [1.29, 1.82) is 0 Å². The third-order valence-electron chi connectivity index (χ3n) is 2.33. The van der Waals surface area contributed by atoms with Gasteiger partial charge in [0.1, 0.15) is 0 Å². The van der Waals surface area contributed by atoms with E-state index < -0.39 is 0 Å². The van der Waals surface area contributed by atoms with Crippen molar-refractivity contribution in [3.8, 4) is 0 Å². The van der Waals surface area contributed by atoms with Crippen LogP contribution in [0.25, 0.3) is 0 Å². The van der Waals surface area contributed by atoms with Crippen LogP contribution in [-0.2, 0) is 6.42 Å². The highest BCUT2D eigenvalue weighted by Gasteiger charge is 2.04. The van der Waals surface area contributed by atoms with E-state index in [2.05, 4.69) is 40.0 Å². The Labute approximate surface area is 95.1 Å². The molecular formula is C12H18BrN. The molecule has 0 bridgehead atoms. The molecule has 1 aromatic rings. The zero-order valence-electron chi connectivity index (χ0n) is 8.75. The SMILES string of the molecule is CCCCCC(Br)Cc1ccncc1. The maximum absolute atomic E-state index is 4.01. The molecule has 0 aliphatic carbocycles. The summed E-state index contributed by atoms with van der Waals surface area (Å²) in [7, 11) is 0. The Morgan fingerprint density at radius 1 is 1.29 bits per heavy atom. The minimum absolute atomic E-state index is 0.622. The van der Waals surface area contributed by atoms with Gasteiger partial charge in [-0.1, -0.05) is 42.1 Å². The van der Waals surface area contributed by atoms with Crippen molar-refractivity contribution < 1.29 is 0 Å². The van der Waals surface area contributed by atoms with Crippen LogP contribution >= 0.6 is 15.9 Å². The van der Waals surface area contributed by atoms with Gasteiger partial charge in [0, 0.05) is 17.2 Å². The van der Waals surface area contributed by atoms with E-state index in [9.17, 15) is 0 Å². The Morgan fingerprint density at radius 3 is 2.64 bits per heavy atom. The summed E-state index contributed by atoms with van der Waals surface area (Å²) >= 11 is 3.72. The largest absolute Gasteiger partial charge is 0.265 e. The van der Waals surface area contributed by atoms with Crippen LogP contribution in [0.5, 0.6) is 0 Å². The summed E-state index contributed by atoms with van der Waals surface area (Å²) in [4.78, 5) is 4.63. The molecule has 14 heavy (non-hydrogen) atoms. The molecule has 0 amide bonds. The predicted octanol–water partition coefficient (Wildman–Crippen LogP) is 3.97. The van der Waals surface area contributed by atoms with E-state index in [1.807, 2.05) is 12.4 Å². The highest BCUT2D eigenvalue weighted by atomic mass is 79.9. The van der Waals surface area contributed by atoms with Gasteiger partial charge in [0.15, 0.2) is 0 Å². The van der Waals surface area contributed by atoms with Gasteiger partial charge in [-0.3, -0.25) is 4.98 Å². The lowest BCUT2D eigenvalue weighted by Gasteiger charge is -2.08. The van der Waals surface area contributed by atoms with Gasteiger partial charge in [-0.05, 0) is 30.5 Å². The zero-order valence-corrected chi connectivity index (χ0v) is 10.3. The van der Waals surface area contributed by atoms with Crippen molar-refractivity contribution in [3.05, 3.63) is 30.1 Å². The monoisotopic (exact) mass is 255 g/mol. The fourth-order valence-corrected chi connectivity index (χ4v) is 2.19. The molecule has 0 N–H and O–H groups in total. The summed E-state index contributed by atoms with van der Waals surface area (Å²) in [6, 6.07) is 4.18. The second-order valence-corrected chi connectivity index (χ2v) is 4.95. The third kappa shape index (κ3) is 4.75. The van der Waals surface area contributed by atoms with Crippen LogP contribution in [0.15, 0.2) is 24.5 Å². The van der Waals surface area contributed by atoms with Crippen molar-refractivity contribution in [1.82, 2.24) is 4.98 Å². The lowest BCUT2D eigenvalue weighted by molar-refractivity contribution is 0.647. The first kappa shape index (κ1) is 11.7. The van der Waals surface area contributed by atoms with Gasteiger partial charge in [-0.2, -0.15) is 0 Å². The maximum Gasteiger partial charge on any atom is 0.0270 e. The molecule has 0 saturated heterocycles. The molecule has 0 radical (unpaired) electrons. The Kier molecular flexibility index (Phi) is 5.85. The number of hydrogen-bond acceptors (Lipinski definition) is 1. The van der Waals surface area contributed by atoms with Crippen molar-refractivity contribution in [2.45, 2.75) is 43.9 Å². The fraction of sp³-hybridized carbons (Fsp3) is 0.583. The van der Waals surface area contributed by atoms with E-state index in [1.54, 1.807) is 0 Å². The van der Waals surface area contributed by atoms with Crippen molar-refractivity contribution in [2.75, 3.05) is 0 Å². The first-order valence-electron chi connectivity index (χ1n) is 5.36. The molecule has 0 aromatic carbocycles. The van der Waals surface area contributed by atoms with Crippen molar-refractivity contribution >= 4 is 15.9 Å². The quantitative estimate of drug-likeness (QED) is 0.554. The molecule has 0 saturated carbocycles. The summed E-state index contributed by atoms with van der Waals surface area (Å²) in [5, 5.41) is 0. The maximum atomic E-state index is 4.01. The summed E-state index contributed by atoms with van der Waals surface area (Å²) in [6.07, 6.45) is 10.1. The van der Waals surface area contributed by atoms with Crippen LogP contribution in [0.3, 0.4) is 0 Å². The number of unbranched alkanes of at least 4 members (excludes halogenated alkanes) is 2. The molecule has 2 heteroatoms. The van der Waals surface area contributed by atoms with Crippen LogP contribution in [0.1, 0.15) is 38.2 Å². The number of pyridine rings is 1. The Balaban J connectivity index is 2.23. The van der Waals surface area contributed by atoms with Gasteiger partial charge in [0.25, 0.3) is 0 Å². The summed E-state index contributed by atoms with van der Waals surface area (Å²) < 4.78 is 0. The molecular weight excluding hydrogens is 238 g/mol. The van der Waals surface area contributed by atoms with Gasteiger partial charge in [0.05, 0.1) is 0 Å². The number of hydrogen-bond donors (Lipinski definition) is 0. The minimum atomic E-state index is 0.622. The van der Waals surface area contributed by atoms with Crippen molar-refractivity contribution in [2.24, 2.45) is 0 Å². The second-order valence-electron chi connectivity index (χ2n) is 3.65. The van der Waals surface area contributed by atoms with Crippen LogP contribution in [-0.4, -0.2) is 9.81 Å². The molecule has 0 spiro atoms. The molecule has 1 atom stereocenters. The molecule has 0 aliphatic rings. The average Bonchev–Trinajstić information content (AvgIpc) is 2.20. The average molecular weight is 256 g/mol. The first-order chi connectivity index (χ1) is 6.83. The van der Waals surface area contributed by atoms with E-state index >= 15 is 0 Å². The Bertz CT molecular complexity index is 235. The van der Waals surface area contributed by atoms with E-state index in [0.29, 0.717) is 4.83 Å².